The fourth-order valence-corrected chi connectivity index (χ4v) is 2.49. The van der Waals surface area contributed by atoms with Crippen molar-refractivity contribution in [1.82, 2.24) is 10.2 Å². The summed E-state index contributed by atoms with van der Waals surface area (Å²) in [6.07, 6.45) is -0.386. The first kappa shape index (κ1) is 20.3. The number of rotatable bonds is 4. The summed E-state index contributed by atoms with van der Waals surface area (Å²) < 4.78 is 41.0. The zero-order valence-electron chi connectivity index (χ0n) is 13.2. The first-order chi connectivity index (χ1) is 10.9. The van der Waals surface area contributed by atoms with E-state index in [0.717, 1.165) is 12.8 Å². The minimum Gasteiger partial charge on any atom is -0.405 e. The van der Waals surface area contributed by atoms with E-state index in [9.17, 15) is 18.0 Å². The van der Waals surface area contributed by atoms with E-state index < -0.39 is 6.36 Å². The van der Waals surface area contributed by atoms with Crippen LogP contribution in [-0.4, -0.2) is 43.3 Å². The number of likely N-dealkylation sites (tertiary alicyclic amines) is 1. The highest BCUT2D eigenvalue weighted by molar-refractivity contribution is 5.92. The lowest BCUT2D eigenvalue weighted by Crippen LogP contribution is -2.43. The number of piperidine rings is 1. The van der Waals surface area contributed by atoms with Gasteiger partial charge in [-0.3, -0.25) is 4.79 Å². The van der Waals surface area contributed by atoms with Crippen molar-refractivity contribution in [2.75, 3.05) is 20.1 Å². The number of ether oxygens (including phenoxy) is 1. The Morgan fingerprint density at radius 1 is 1.29 bits per heavy atom. The number of hydrogen-bond acceptors (Lipinski definition) is 3. The molecule has 0 saturated carbocycles. The largest absolute Gasteiger partial charge is 0.573 e. The van der Waals surface area contributed by atoms with Crippen LogP contribution in [0.4, 0.5) is 13.2 Å². The molecule has 2 rings (SSSR count). The van der Waals surface area contributed by atoms with Gasteiger partial charge in [0.25, 0.3) is 0 Å². The first-order valence-electron chi connectivity index (χ1n) is 7.38. The Hall–Kier alpha value is -1.73. The maximum absolute atomic E-state index is 12.4. The maximum Gasteiger partial charge on any atom is 0.573 e. The molecule has 0 spiro atoms. The summed E-state index contributed by atoms with van der Waals surface area (Å²) in [5.74, 6) is -0.528. The van der Waals surface area contributed by atoms with Crippen LogP contribution >= 0.6 is 12.4 Å². The van der Waals surface area contributed by atoms with Gasteiger partial charge >= 0.3 is 6.36 Å². The van der Waals surface area contributed by atoms with Crippen LogP contribution in [0.5, 0.6) is 5.75 Å². The minimum atomic E-state index is -4.76. The van der Waals surface area contributed by atoms with Crippen molar-refractivity contribution in [2.24, 2.45) is 0 Å². The Morgan fingerprint density at radius 3 is 2.50 bits per heavy atom. The van der Waals surface area contributed by atoms with Crippen molar-refractivity contribution in [3.05, 3.63) is 35.9 Å². The van der Waals surface area contributed by atoms with Gasteiger partial charge in [-0.15, -0.1) is 25.6 Å². The van der Waals surface area contributed by atoms with Gasteiger partial charge < -0.3 is 15.0 Å². The van der Waals surface area contributed by atoms with Crippen molar-refractivity contribution < 1.29 is 22.7 Å². The minimum absolute atomic E-state index is 0. The number of nitrogens with zero attached hydrogens (tertiary/aromatic N) is 1. The van der Waals surface area contributed by atoms with Gasteiger partial charge in [0.2, 0.25) is 5.91 Å². The quantitative estimate of drug-likeness (QED) is 0.834. The second-order valence-electron chi connectivity index (χ2n) is 5.31. The van der Waals surface area contributed by atoms with E-state index >= 15 is 0 Å². The summed E-state index contributed by atoms with van der Waals surface area (Å²) in [6.45, 7) is 1.27. The summed E-state index contributed by atoms with van der Waals surface area (Å²) >= 11 is 0. The highest BCUT2D eigenvalue weighted by Gasteiger charge is 2.31. The normalized spacial score (nSPS) is 16.1. The Kier molecular flexibility index (Phi) is 7.57. The Bertz CT molecular complexity index is 571. The molecule has 0 aromatic heterocycles. The number of carbonyl (C=O) groups is 1. The van der Waals surface area contributed by atoms with Crippen LogP contribution in [-0.2, 0) is 4.79 Å². The summed E-state index contributed by atoms with van der Waals surface area (Å²) in [5.41, 5.74) is 0.211. The molecule has 1 aliphatic rings. The molecular formula is C16H20ClF3N2O2. The molecule has 1 aromatic rings. The molecule has 8 heteroatoms. The molecule has 134 valence electrons. The van der Waals surface area contributed by atoms with Crippen molar-refractivity contribution in [1.29, 1.82) is 0 Å². The third-order valence-electron chi connectivity index (χ3n) is 3.77. The molecule has 0 unspecified atom stereocenters. The van der Waals surface area contributed by atoms with E-state index in [1.165, 1.54) is 30.4 Å². The van der Waals surface area contributed by atoms with Gasteiger partial charge in [0.05, 0.1) is 0 Å². The highest BCUT2D eigenvalue weighted by Crippen LogP contribution is 2.27. The second-order valence-corrected chi connectivity index (χ2v) is 5.31. The predicted octanol–water partition coefficient (Wildman–Crippen LogP) is 3.23. The summed E-state index contributed by atoms with van der Waals surface area (Å²) in [4.78, 5) is 13.8. The van der Waals surface area contributed by atoms with Gasteiger partial charge in [-0.05, 0) is 32.0 Å². The first-order valence-corrected chi connectivity index (χ1v) is 7.38. The lowest BCUT2D eigenvalue weighted by atomic mass is 10.1. The van der Waals surface area contributed by atoms with Gasteiger partial charge in [-0.2, -0.15) is 0 Å². The van der Waals surface area contributed by atoms with Crippen LogP contribution in [0, 0.1) is 0 Å². The van der Waals surface area contributed by atoms with Crippen molar-refractivity contribution in [3.63, 3.8) is 0 Å². The molecule has 0 aliphatic carbocycles. The molecular weight excluding hydrogens is 345 g/mol. The van der Waals surface area contributed by atoms with Gasteiger partial charge in [0, 0.05) is 30.8 Å². The molecule has 1 aromatic carbocycles. The zero-order chi connectivity index (χ0) is 16.9. The van der Waals surface area contributed by atoms with E-state index in [-0.39, 0.29) is 29.6 Å². The molecule has 1 amide bonds. The Labute approximate surface area is 145 Å². The number of halogens is 4. The molecule has 4 nitrogen and oxygen atoms in total. The molecule has 1 N–H and O–H groups in total. The van der Waals surface area contributed by atoms with Gasteiger partial charge in [-0.25, -0.2) is 0 Å². The number of amides is 1. The van der Waals surface area contributed by atoms with E-state index in [4.69, 9.17) is 0 Å². The molecule has 0 radical (unpaired) electrons. The van der Waals surface area contributed by atoms with Gasteiger partial charge in [0.1, 0.15) is 5.75 Å². The van der Waals surface area contributed by atoms with Crippen LogP contribution in [0.1, 0.15) is 18.4 Å². The number of alkyl halides is 3. The van der Waals surface area contributed by atoms with Crippen molar-refractivity contribution in [3.8, 4) is 5.75 Å². The molecule has 1 aliphatic heterocycles. The van der Waals surface area contributed by atoms with E-state index in [1.807, 2.05) is 7.05 Å². The molecule has 0 atom stereocenters. The second kappa shape index (κ2) is 8.94. The molecule has 24 heavy (non-hydrogen) atoms. The van der Waals surface area contributed by atoms with Gasteiger partial charge in [-0.1, -0.05) is 18.2 Å². The lowest BCUT2D eigenvalue weighted by molar-refractivity contribution is -0.274. The topological polar surface area (TPSA) is 41.6 Å². The molecule has 1 fully saturated rings. The Balaban J connectivity index is 0.00000288. The fraction of sp³-hybridized carbons (Fsp3) is 0.438. The van der Waals surface area contributed by atoms with Crippen LogP contribution in [0.15, 0.2) is 30.3 Å². The smallest absolute Gasteiger partial charge is 0.405 e. The zero-order valence-corrected chi connectivity index (χ0v) is 14.0. The molecule has 1 heterocycles. The van der Waals surface area contributed by atoms with E-state index in [0.29, 0.717) is 19.1 Å². The molecule has 1 saturated heterocycles. The highest BCUT2D eigenvalue weighted by atomic mass is 35.5. The predicted molar refractivity (Wildman–Crippen MR) is 88.1 cm³/mol. The van der Waals surface area contributed by atoms with Crippen molar-refractivity contribution in [2.45, 2.75) is 25.2 Å². The van der Waals surface area contributed by atoms with Crippen molar-refractivity contribution >= 4 is 24.4 Å². The average molecular weight is 365 g/mol. The summed E-state index contributed by atoms with van der Waals surface area (Å²) in [5, 5.41) is 3.17. The standard InChI is InChI=1S/C16H19F3N2O2.ClH/c1-20-13-8-10-21(11-9-13)15(22)7-6-12-4-2-3-5-14(12)23-16(17,18)19;/h2-7,13,20H,8-11H2,1H3;1H. The lowest BCUT2D eigenvalue weighted by Gasteiger charge is -2.31. The average Bonchev–Trinajstić information content (AvgIpc) is 2.52. The number of hydrogen-bond donors (Lipinski definition) is 1. The molecule has 0 bridgehead atoms. The van der Waals surface area contributed by atoms with Crippen LogP contribution in [0.3, 0.4) is 0 Å². The fourth-order valence-electron chi connectivity index (χ4n) is 2.49. The number of nitrogens with one attached hydrogen (secondary N) is 1. The third-order valence-corrected chi connectivity index (χ3v) is 3.77. The van der Waals surface area contributed by atoms with Crippen LogP contribution < -0.4 is 10.1 Å². The SMILES string of the molecule is CNC1CCN(C(=O)C=Cc2ccccc2OC(F)(F)F)CC1.Cl. The van der Waals surface area contributed by atoms with Gasteiger partial charge in [0.15, 0.2) is 0 Å². The van der Waals surface area contributed by atoms with Crippen LogP contribution in [0.25, 0.3) is 6.08 Å². The number of carbonyl (C=O) groups excluding carboxylic acids is 1. The monoisotopic (exact) mass is 364 g/mol. The number of benzene rings is 1. The summed E-state index contributed by atoms with van der Waals surface area (Å²) in [7, 11) is 1.89. The Morgan fingerprint density at radius 2 is 1.92 bits per heavy atom. The number of para-hydroxylation sites is 1. The summed E-state index contributed by atoms with van der Waals surface area (Å²) in [6, 6.07) is 6.13. The maximum atomic E-state index is 12.4. The van der Waals surface area contributed by atoms with E-state index in [2.05, 4.69) is 10.1 Å². The van der Waals surface area contributed by atoms with E-state index in [1.54, 1.807) is 11.0 Å². The van der Waals surface area contributed by atoms with Crippen LogP contribution in [0.2, 0.25) is 0 Å². The third kappa shape index (κ3) is 6.05.